The van der Waals surface area contributed by atoms with E-state index in [0.29, 0.717) is 18.0 Å². The van der Waals surface area contributed by atoms with Crippen molar-refractivity contribution in [2.45, 2.75) is 6.54 Å². The zero-order chi connectivity index (χ0) is 14.2. The minimum atomic E-state index is -0.364. The zero-order valence-corrected chi connectivity index (χ0v) is 10.9. The van der Waals surface area contributed by atoms with Crippen molar-refractivity contribution in [2.24, 2.45) is 0 Å². The number of anilines is 1. The largest absolute Gasteiger partial charge is 0.454 e. The first-order valence-electron chi connectivity index (χ1n) is 6.36. The maximum atomic E-state index is 11.5. The minimum Gasteiger partial charge on any atom is -0.454 e. The van der Waals surface area contributed by atoms with Crippen LogP contribution in [0.1, 0.15) is 5.56 Å². The van der Waals surface area contributed by atoms with Crippen LogP contribution < -0.4 is 20.5 Å². The summed E-state index contributed by atoms with van der Waals surface area (Å²) in [7, 11) is 0. The van der Waals surface area contributed by atoms with E-state index in [-0.39, 0.29) is 12.5 Å². The number of ether oxygens (including phenoxy) is 2. The molecule has 0 amide bonds. The van der Waals surface area contributed by atoms with Crippen LogP contribution in [0.3, 0.4) is 0 Å². The molecule has 1 aromatic carbocycles. The van der Waals surface area contributed by atoms with E-state index in [4.69, 9.17) is 9.47 Å². The summed E-state index contributed by atoms with van der Waals surface area (Å²) in [6.07, 6.45) is 0. The Kier molecular flexibility index (Phi) is 2.53. The molecule has 3 aromatic rings. The molecule has 0 saturated heterocycles. The topological polar surface area (TPSA) is 93.5 Å². The molecule has 2 N–H and O–H groups in total. The molecule has 0 atom stereocenters. The second kappa shape index (κ2) is 4.51. The summed E-state index contributed by atoms with van der Waals surface area (Å²) in [6.45, 7) is 0.815. The Morgan fingerprint density at radius 3 is 3.10 bits per heavy atom. The third-order valence-electron chi connectivity index (χ3n) is 3.18. The van der Waals surface area contributed by atoms with E-state index >= 15 is 0 Å². The Balaban J connectivity index is 1.55. The molecule has 0 spiro atoms. The van der Waals surface area contributed by atoms with Gasteiger partial charge in [0.15, 0.2) is 17.1 Å². The number of H-pyrrole nitrogens is 1. The van der Waals surface area contributed by atoms with Crippen LogP contribution in [0.4, 0.5) is 5.82 Å². The SMILES string of the molecule is O=c1[nH]nc2ccc(NCc3ccc4c(c3)OCO4)nn12. The number of hydrogen-bond donors (Lipinski definition) is 2. The number of fused-ring (bicyclic) bond motifs is 2. The van der Waals surface area contributed by atoms with E-state index in [9.17, 15) is 4.79 Å². The first-order valence-corrected chi connectivity index (χ1v) is 6.36. The van der Waals surface area contributed by atoms with Crippen LogP contribution in [-0.2, 0) is 6.54 Å². The third kappa shape index (κ3) is 2.06. The van der Waals surface area contributed by atoms with Crippen molar-refractivity contribution in [3.8, 4) is 11.5 Å². The van der Waals surface area contributed by atoms with Gasteiger partial charge in [0.25, 0.3) is 0 Å². The molecule has 21 heavy (non-hydrogen) atoms. The summed E-state index contributed by atoms with van der Waals surface area (Å²) in [5.74, 6) is 2.08. The molecule has 3 heterocycles. The molecule has 0 saturated carbocycles. The second-order valence-electron chi connectivity index (χ2n) is 4.56. The monoisotopic (exact) mass is 285 g/mol. The van der Waals surface area contributed by atoms with Crippen molar-refractivity contribution in [2.75, 3.05) is 12.1 Å². The molecule has 0 bridgehead atoms. The number of aromatic amines is 1. The molecular formula is C13H11N5O3. The van der Waals surface area contributed by atoms with Crippen molar-refractivity contribution in [3.05, 3.63) is 46.4 Å². The molecule has 0 unspecified atom stereocenters. The number of aromatic nitrogens is 4. The van der Waals surface area contributed by atoms with Crippen LogP contribution in [0.15, 0.2) is 35.1 Å². The van der Waals surface area contributed by atoms with Crippen molar-refractivity contribution in [1.82, 2.24) is 19.8 Å². The highest BCUT2D eigenvalue weighted by Gasteiger charge is 2.13. The maximum absolute atomic E-state index is 11.5. The van der Waals surface area contributed by atoms with Gasteiger partial charge in [-0.3, -0.25) is 0 Å². The Morgan fingerprint density at radius 2 is 2.14 bits per heavy atom. The summed E-state index contributed by atoms with van der Waals surface area (Å²) in [4.78, 5) is 11.5. The highest BCUT2D eigenvalue weighted by molar-refractivity contribution is 5.47. The Morgan fingerprint density at radius 1 is 1.24 bits per heavy atom. The van der Waals surface area contributed by atoms with Crippen LogP contribution in [0.25, 0.3) is 5.65 Å². The van der Waals surface area contributed by atoms with E-state index in [1.165, 1.54) is 4.52 Å². The molecule has 1 aliphatic heterocycles. The highest BCUT2D eigenvalue weighted by atomic mass is 16.7. The van der Waals surface area contributed by atoms with Crippen LogP contribution >= 0.6 is 0 Å². The van der Waals surface area contributed by atoms with E-state index in [2.05, 4.69) is 20.6 Å². The summed E-state index contributed by atoms with van der Waals surface area (Å²) in [5.41, 5.74) is 1.14. The van der Waals surface area contributed by atoms with E-state index in [1.807, 2.05) is 18.2 Å². The van der Waals surface area contributed by atoms with Crippen LogP contribution in [-0.4, -0.2) is 26.6 Å². The molecule has 8 nitrogen and oxygen atoms in total. The fourth-order valence-corrected chi connectivity index (χ4v) is 2.14. The Hall–Kier alpha value is -3.03. The van der Waals surface area contributed by atoms with Crippen molar-refractivity contribution >= 4 is 11.5 Å². The van der Waals surface area contributed by atoms with Gasteiger partial charge < -0.3 is 14.8 Å². The van der Waals surface area contributed by atoms with Gasteiger partial charge in [0.05, 0.1) is 0 Å². The Bertz CT molecular complexity index is 870. The normalized spacial score (nSPS) is 12.8. The molecule has 0 aliphatic carbocycles. The van der Waals surface area contributed by atoms with Crippen LogP contribution in [0.5, 0.6) is 11.5 Å². The summed E-state index contributed by atoms with van der Waals surface area (Å²) >= 11 is 0. The molecule has 1 aliphatic rings. The predicted octanol–water partition coefficient (Wildman–Crippen LogP) is 0.758. The van der Waals surface area contributed by atoms with Gasteiger partial charge in [-0.25, -0.2) is 9.89 Å². The van der Waals surface area contributed by atoms with Gasteiger partial charge in [-0.05, 0) is 29.8 Å². The van der Waals surface area contributed by atoms with Crippen LogP contribution in [0, 0.1) is 0 Å². The summed E-state index contributed by atoms with van der Waals surface area (Å²) < 4.78 is 11.8. The number of rotatable bonds is 3. The standard InChI is InChI=1S/C13H11N5O3/c19-13-16-15-12-4-3-11(17-18(12)13)14-6-8-1-2-9-10(5-8)21-7-20-9/h1-5H,6-7H2,(H,14,17)(H,16,19). The van der Waals surface area contributed by atoms with Gasteiger partial charge in [-0.2, -0.15) is 9.61 Å². The lowest BCUT2D eigenvalue weighted by Crippen LogP contribution is -2.13. The molecule has 2 aromatic heterocycles. The molecule has 106 valence electrons. The number of nitrogens with one attached hydrogen (secondary N) is 2. The Labute approximate surface area is 118 Å². The van der Waals surface area contributed by atoms with Crippen molar-refractivity contribution in [1.29, 1.82) is 0 Å². The first-order chi connectivity index (χ1) is 10.3. The van der Waals surface area contributed by atoms with E-state index < -0.39 is 0 Å². The average Bonchev–Trinajstić information content (AvgIpc) is 3.11. The summed E-state index contributed by atoms with van der Waals surface area (Å²) in [6, 6.07) is 9.22. The third-order valence-corrected chi connectivity index (χ3v) is 3.18. The number of hydrogen-bond acceptors (Lipinski definition) is 6. The molecule has 0 fully saturated rings. The van der Waals surface area contributed by atoms with E-state index in [0.717, 1.165) is 17.1 Å². The van der Waals surface area contributed by atoms with Gasteiger partial charge in [0.1, 0.15) is 5.82 Å². The zero-order valence-electron chi connectivity index (χ0n) is 10.9. The first kappa shape index (κ1) is 11.8. The van der Waals surface area contributed by atoms with Crippen molar-refractivity contribution in [3.63, 3.8) is 0 Å². The van der Waals surface area contributed by atoms with Gasteiger partial charge in [-0.15, -0.1) is 5.10 Å². The summed E-state index contributed by atoms with van der Waals surface area (Å²) in [5, 5.41) is 13.5. The number of nitrogens with zero attached hydrogens (tertiary/aromatic N) is 3. The lowest BCUT2D eigenvalue weighted by Gasteiger charge is -2.06. The fraction of sp³-hybridized carbons (Fsp3) is 0.154. The van der Waals surface area contributed by atoms with Gasteiger partial charge in [0.2, 0.25) is 6.79 Å². The fourth-order valence-electron chi connectivity index (χ4n) is 2.14. The quantitative estimate of drug-likeness (QED) is 0.738. The van der Waals surface area contributed by atoms with Gasteiger partial charge in [-0.1, -0.05) is 6.07 Å². The minimum absolute atomic E-state index is 0.258. The molecule has 4 rings (SSSR count). The second-order valence-corrected chi connectivity index (χ2v) is 4.56. The van der Waals surface area contributed by atoms with Gasteiger partial charge >= 0.3 is 5.69 Å². The van der Waals surface area contributed by atoms with Gasteiger partial charge in [0, 0.05) is 6.54 Å². The molecule has 0 radical (unpaired) electrons. The maximum Gasteiger partial charge on any atom is 0.364 e. The molecular weight excluding hydrogens is 274 g/mol. The van der Waals surface area contributed by atoms with E-state index in [1.54, 1.807) is 12.1 Å². The average molecular weight is 285 g/mol. The lowest BCUT2D eigenvalue weighted by atomic mass is 10.2. The predicted molar refractivity (Wildman–Crippen MR) is 73.5 cm³/mol. The lowest BCUT2D eigenvalue weighted by molar-refractivity contribution is 0.174. The van der Waals surface area contributed by atoms with Crippen LogP contribution in [0.2, 0.25) is 0 Å². The van der Waals surface area contributed by atoms with Crippen molar-refractivity contribution < 1.29 is 9.47 Å². The molecule has 8 heteroatoms. The smallest absolute Gasteiger partial charge is 0.364 e. The highest BCUT2D eigenvalue weighted by Crippen LogP contribution is 2.32. The number of benzene rings is 1.